The molecule has 0 spiro atoms. The first kappa shape index (κ1) is 14.7. The zero-order chi connectivity index (χ0) is 14.7. The highest BCUT2D eigenvalue weighted by atomic mass is 32.2. The Morgan fingerprint density at radius 2 is 2.00 bits per heavy atom. The van der Waals surface area contributed by atoms with E-state index >= 15 is 0 Å². The van der Waals surface area contributed by atoms with Crippen LogP contribution in [0.4, 0.5) is 0 Å². The van der Waals surface area contributed by atoms with Crippen molar-refractivity contribution in [1.82, 2.24) is 0 Å². The van der Waals surface area contributed by atoms with Crippen LogP contribution in [0.1, 0.15) is 53.4 Å². The molecule has 0 radical (unpaired) electrons. The molecule has 4 nitrogen and oxygen atoms in total. The van der Waals surface area contributed by atoms with E-state index in [4.69, 9.17) is 8.37 Å². The average molecular weight is 300 g/mol. The first-order chi connectivity index (χ1) is 9.28. The minimum Gasteiger partial charge on any atom is -0.299 e. The van der Waals surface area contributed by atoms with E-state index in [0.717, 1.165) is 12.8 Å². The van der Waals surface area contributed by atoms with E-state index in [1.807, 2.05) is 6.92 Å². The molecule has 0 aromatic carbocycles. The lowest BCUT2D eigenvalue weighted by Crippen LogP contribution is -2.66. The Balaban J connectivity index is 2.06. The largest absolute Gasteiger partial charge is 0.305 e. The van der Waals surface area contributed by atoms with E-state index in [0.29, 0.717) is 30.5 Å². The first-order valence-electron chi connectivity index (χ1n) is 7.59. The Kier molecular flexibility index (Phi) is 3.39. The molecule has 20 heavy (non-hydrogen) atoms. The highest BCUT2D eigenvalue weighted by molar-refractivity contribution is 7.75. The van der Waals surface area contributed by atoms with Gasteiger partial charge in [0.2, 0.25) is 0 Å². The maximum Gasteiger partial charge on any atom is 0.305 e. The van der Waals surface area contributed by atoms with Gasteiger partial charge in [-0.2, -0.15) is 4.21 Å². The van der Waals surface area contributed by atoms with Gasteiger partial charge in [-0.3, -0.25) is 13.2 Å². The monoisotopic (exact) mass is 300 g/mol. The van der Waals surface area contributed by atoms with Crippen molar-refractivity contribution >= 4 is 17.1 Å². The predicted octanol–water partition coefficient (Wildman–Crippen LogP) is 2.79. The smallest absolute Gasteiger partial charge is 0.299 e. The van der Waals surface area contributed by atoms with Crippen LogP contribution in [-0.4, -0.2) is 21.7 Å². The van der Waals surface area contributed by atoms with Crippen LogP contribution < -0.4 is 0 Å². The Bertz CT molecular complexity index is 463. The first-order valence-corrected chi connectivity index (χ1v) is 8.59. The summed E-state index contributed by atoms with van der Waals surface area (Å²) in [6.45, 7) is 8.43. The van der Waals surface area contributed by atoms with Crippen LogP contribution in [0.25, 0.3) is 0 Å². The number of rotatable bonds is 1. The molecule has 3 fully saturated rings. The molecule has 2 saturated carbocycles. The average Bonchev–Trinajstić information content (AvgIpc) is 2.33. The summed E-state index contributed by atoms with van der Waals surface area (Å²) in [5.74, 6) is 1.16. The van der Waals surface area contributed by atoms with Gasteiger partial charge in [-0.05, 0) is 38.0 Å². The highest BCUT2D eigenvalue weighted by Crippen LogP contribution is 2.58. The summed E-state index contributed by atoms with van der Waals surface area (Å²) in [4.78, 5) is 12.5. The number of hydrogen-bond donors (Lipinski definition) is 0. The fraction of sp³-hybridized carbons (Fsp3) is 0.933. The van der Waals surface area contributed by atoms with Crippen LogP contribution in [0.5, 0.6) is 0 Å². The third kappa shape index (κ3) is 1.93. The maximum atomic E-state index is 12.5. The van der Waals surface area contributed by atoms with Crippen molar-refractivity contribution in [2.24, 2.45) is 23.2 Å². The second-order valence-corrected chi connectivity index (χ2v) is 8.19. The number of hydrogen-bond acceptors (Lipinski definition) is 4. The molecule has 0 unspecified atom stereocenters. The summed E-state index contributed by atoms with van der Waals surface area (Å²) in [6, 6.07) is 0. The molecule has 1 heterocycles. The van der Waals surface area contributed by atoms with Crippen LogP contribution in [0.3, 0.4) is 0 Å². The predicted molar refractivity (Wildman–Crippen MR) is 75.9 cm³/mol. The number of carbonyl (C=O) groups excluding carboxylic acids is 1. The maximum absolute atomic E-state index is 12.5. The van der Waals surface area contributed by atoms with Gasteiger partial charge in [-0.25, -0.2) is 0 Å². The minimum absolute atomic E-state index is 0.0232. The molecule has 3 rings (SSSR count). The van der Waals surface area contributed by atoms with Crippen LogP contribution in [0, 0.1) is 23.2 Å². The summed E-state index contributed by atoms with van der Waals surface area (Å²) in [5, 5.41) is 0. The summed E-state index contributed by atoms with van der Waals surface area (Å²) >= 11 is -1.69. The molecule has 6 atom stereocenters. The van der Waals surface area contributed by atoms with Gasteiger partial charge in [0.1, 0.15) is 5.78 Å². The van der Waals surface area contributed by atoms with Gasteiger partial charge in [0.25, 0.3) is 0 Å². The lowest BCUT2D eigenvalue weighted by atomic mass is 9.51. The standard InChI is InChI=1S/C15H24O4S/c1-9(2)10-5-7-14(3)11(16)6-8-15(4)13(14)12(10)18-20(17)19-15/h9-10,12-13H,5-8H2,1-4H3/t10-,12+,13+,14-,15-,20-/m0/s1. The topological polar surface area (TPSA) is 52.6 Å². The number of carbonyl (C=O) groups is 1. The molecule has 1 saturated heterocycles. The molecule has 5 heteroatoms. The second-order valence-electron chi connectivity index (χ2n) is 7.43. The van der Waals surface area contributed by atoms with Crippen molar-refractivity contribution in [3.63, 3.8) is 0 Å². The fourth-order valence-corrected chi connectivity index (χ4v) is 5.70. The van der Waals surface area contributed by atoms with Crippen LogP contribution in [-0.2, 0) is 24.5 Å². The highest BCUT2D eigenvalue weighted by Gasteiger charge is 2.64. The Morgan fingerprint density at radius 3 is 2.65 bits per heavy atom. The van der Waals surface area contributed by atoms with Crippen molar-refractivity contribution in [1.29, 1.82) is 0 Å². The molecule has 1 aliphatic heterocycles. The lowest BCUT2D eigenvalue weighted by Gasteiger charge is -2.59. The Morgan fingerprint density at radius 1 is 1.30 bits per heavy atom. The van der Waals surface area contributed by atoms with Gasteiger partial charge in [-0.15, -0.1) is 0 Å². The SMILES string of the molecule is CC(C)[C@@H]1CC[C@@]2(C)C(=O)CC[C@]3(C)O[S@@](=O)O[C@H]1[C@H]23. The summed E-state index contributed by atoms with van der Waals surface area (Å²) in [6.07, 6.45) is 2.92. The molecule has 114 valence electrons. The van der Waals surface area contributed by atoms with Crippen molar-refractivity contribution in [2.45, 2.75) is 65.1 Å². The number of Topliss-reactive ketones (excluding diaryl/α,β-unsaturated/α-hetero) is 1. The van der Waals surface area contributed by atoms with Gasteiger partial charge in [0.15, 0.2) is 0 Å². The zero-order valence-electron chi connectivity index (χ0n) is 12.7. The van der Waals surface area contributed by atoms with E-state index in [9.17, 15) is 9.00 Å². The molecule has 3 aliphatic rings. The number of ketones is 1. The van der Waals surface area contributed by atoms with Crippen LogP contribution in [0.2, 0.25) is 0 Å². The Hall–Kier alpha value is -0.260. The summed E-state index contributed by atoms with van der Waals surface area (Å²) in [7, 11) is 0. The van der Waals surface area contributed by atoms with Crippen LogP contribution >= 0.6 is 0 Å². The van der Waals surface area contributed by atoms with E-state index in [1.54, 1.807) is 0 Å². The molecular formula is C15H24O4S. The van der Waals surface area contributed by atoms with Gasteiger partial charge in [0.05, 0.1) is 11.7 Å². The third-order valence-electron chi connectivity index (χ3n) is 5.88. The fourth-order valence-electron chi connectivity index (χ4n) is 4.73. The molecule has 0 N–H and O–H groups in total. The van der Waals surface area contributed by atoms with E-state index in [-0.39, 0.29) is 17.4 Å². The van der Waals surface area contributed by atoms with Gasteiger partial charge in [-0.1, -0.05) is 20.8 Å². The zero-order valence-corrected chi connectivity index (χ0v) is 13.5. The molecule has 0 aromatic rings. The molecule has 0 bridgehead atoms. The summed E-state index contributed by atoms with van der Waals surface area (Å²) < 4.78 is 23.3. The second kappa shape index (κ2) is 4.62. The van der Waals surface area contributed by atoms with E-state index in [2.05, 4.69) is 20.8 Å². The van der Waals surface area contributed by atoms with Gasteiger partial charge >= 0.3 is 11.4 Å². The quantitative estimate of drug-likeness (QED) is 0.747. The van der Waals surface area contributed by atoms with Crippen molar-refractivity contribution in [2.75, 3.05) is 0 Å². The molecule has 0 amide bonds. The third-order valence-corrected chi connectivity index (χ3v) is 6.78. The van der Waals surface area contributed by atoms with E-state index in [1.165, 1.54) is 0 Å². The van der Waals surface area contributed by atoms with Gasteiger partial charge in [0, 0.05) is 17.8 Å². The molecule has 0 aromatic heterocycles. The van der Waals surface area contributed by atoms with Crippen molar-refractivity contribution in [3.05, 3.63) is 0 Å². The van der Waals surface area contributed by atoms with Crippen LogP contribution in [0.15, 0.2) is 0 Å². The van der Waals surface area contributed by atoms with Crippen molar-refractivity contribution < 1.29 is 17.4 Å². The lowest BCUT2D eigenvalue weighted by molar-refractivity contribution is -0.193. The molecular weight excluding hydrogens is 276 g/mol. The minimum atomic E-state index is -1.69. The van der Waals surface area contributed by atoms with Gasteiger partial charge < -0.3 is 0 Å². The normalized spacial score (nSPS) is 52.0. The molecule has 2 aliphatic carbocycles. The Labute approximate surface area is 123 Å². The van der Waals surface area contributed by atoms with Crippen molar-refractivity contribution in [3.8, 4) is 0 Å². The van der Waals surface area contributed by atoms with E-state index < -0.39 is 17.0 Å². The summed E-state index contributed by atoms with van der Waals surface area (Å²) in [5.41, 5.74) is -0.877.